The Labute approximate surface area is 365 Å². The zero-order valence-corrected chi connectivity index (χ0v) is 39.1. The SMILES string of the molecule is CCCCCCCCCCCCCCCCC(O)C(=O)O[C@H]1CC[C@@]2(C)C(=CC[C@H]3[C@@H]4CC[C@H]([C@H](C)CCCC(C)C)[C@@]4(C)CC[C@@H]32)C1.O=C(CO)[C@H](O)[C@@H](O)[C@H](O)CO. The minimum Gasteiger partial charge on any atom is -0.460 e. The van der Waals surface area contributed by atoms with Crippen LogP contribution in [0.3, 0.4) is 0 Å². The number of unbranched alkanes of at least 4 members (excludes halogenated alkanes) is 13. The van der Waals surface area contributed by atoms with Gasteiger partial charge < -0.3 is 35.4 Å². The van der Waals surface area contributed by atoms with Crippen molar-refractivity contribution in [3.05, 3.63) is 11.6 Å². The summed E-state index contributed by atoms with van der Waals surface area (Å²) in [5, 5.41) is 53.7. The lowest BCUT2D eigenvalue weighted by Gasteiger charge is -2.58. The van der Waals surface area contributed by atoms with Crippen LogP contribution < -0.4 is 0 Å². The van der Waals surface area contributed by atoms with E-state index in [1.165, 1.54) is 128 Å². The van der Waals surface area contributed by atoms with Crippen molar-refractivity contribution in [2.45, 2.75) is 239 Å². The molecule has 9 heteroatoms. The van der Waals surface area contributed by atoms with Crippen LogP contribution in [-0.4, -0.2) is 86.1 Å². The van der Waals surface area contributed by atoms with Crippen molar-refractivity contribution in [2.24, 2.45) is 46.3 Å². The number of allylic oxidation sites excluding steroid dienone is 1. The summed E-state index contributed by atoms with van der Waals surface area (Å²) < 4.78 is 6.00. The van der Waals surface area contributed by atoms with Crippen LogP contribution in [0.2, 0.25) is 0 Å². The average Bonchev–Trinajstić information content (AvgIpc) is 3.60. The van der Waals surface area contributed by atoms with Gasteiger partial charge in [-0.15, -0.1) is 0 Å². The van der Waals surface area contributed by atoms with Crippen molar-refractivity contribution in [3.8, 4) is 0 Å². The molecule has 0 aromatic rings. The molecule has 4 aliphatic carbocycles. The Morgan fingerprint density at radius 2 is 1.33 bits per heavy atom. The van der Waals surface area contributed by atoms with Gasteiger partial charge in [-0.3, -0.25) is 4.79 Å². The predicted molar refractivity (Wildman–Crippen MR) is 241 cm³/mol. The van der Waals surface area contributed by atoms with Crippen molar-refractivity contribution >= 4 is 11.8 Å². The van der Waals surface area contributed by atoms with Crippen molar-refractivity contribution in [2.75, 3.05) is 13.2 Å². The molecule has 0 aromatic carbocycles. The fraction of sp³-hybridized carbons (Fsp3) is 0.922. The number of carbonyl (C=O) groups is 2. The van der Waals surface area contributed by atoms with Crippen LogP contribution in [0.25, 0.3) is 0 Å². The first-order valence-corrected chi connectivity index (χ1v) is 25.0. The summed E-state index contributed by atoms with van der Waals surface area (Å²) in [6.45, 7) is 13.2. The number of fused-ring (bicyclic) bond motifs is 5. The molecule has 0 heterocycles. The standard InChI is InChI=1S/C45H80O3.C6H12O6/c1-7-8-9-10-11-12-13-14-15-16-17-18-19-20-24-42(46)43(47)48-37-29-31-44(5)36(33-37)25-26-38-40-28-27-39(35(4)23-21-22-34(2)3)45(40,6)32-30-41(38)44;7-1-3(9)5(11)6(12)4(10)2-8/h25,34-35,37-42,46H,7-24,26-33H2,1-6H3;3,5-9,11-12H,1-2H2/t35-,37+,38+,39-,40+,41+,42?,44+,45-;3-,5+,6+/m11/s1. The molecular formula is C51H92O9. The lowest BCUT2D eigenvalue weighted by atomic mass is 9.47. The van der Waals surface area contributed by atoms with Gasteiger partial charge in [0, 0.05) is 6.42 Å². The summed E-state index contributed by atoms with van der Waals surface area (Å²) in [6.07, 6.45) is 29.4. The number of rotatable bonds is 27. The molecule has 4 rings (SSSR count). The van der Waals surface area contributed by atoms with Crippen LogP contribution in [0.15, 0.2) is 11.6 Å². The number of Topliss-reactive ketones (excluding diaryl/α,β-unsaturated/α-hetero) is 1. The van der Waals surface area contributed by atoms with E-state index < -0.39 is 43.4 Å². The van der Waals surface area contributed by atoms with E-state index in [0.717, 1.165) is 67.6 Å². The quantitative estimate of drug-likeness (QED) is 0.0268. The van der Waals surface area contributed by atoms with E-state index >= 15 is 0 Å². The third kappa shape index (κ3) is 15.4. The zero-order chi connectivity index (χ0) is 44.3. The summed E-state index contributed by atoms with van der Waals surface area (Å²) in [7, 11) is 0. The van der Waals surface area contributed by atoms with E-state index in [1.807, 2.05) is 0 Å². The van der Waals surface area contributed by atoms with Crippen LogP contribution >= 0.6 is 0 Å². The highest BCUT2D eigenvalue weighted by molar-refractivity contribution is 5.84. The summed E-state index contributed by atoms with van der Waals surface area (Å²) in [4.78, 5) is 23.4. The van der Waals surface area contributed by atoms with E-state index in [-0.39, 0.29) is 17.5 Å². The number of esters is 1. The first-order valence-electron chi connectivity index (χ1n) is 25.0. The molecule has 0 bridgehead atoms. The molecule has 3 fully saturated rings. The van der Waals surface area contributed by atoms with Gasteiger partial charge in [-0.1, -0.05) is 162 Å². The average molecular weight is 849 g/mol. The van der Waals surface area contributed by atoms with Gasteiger partial charge >= 0.3 is 5.97 Å². The van der Waals surface area contributed by atoms with Gasteiger partial charge in [0.15, 0.2) is 11.9 Å². The summed E-state index contributed by atoms with van der Waals surface area (Å²) in [5.74, 6) is 3.70. The van der Waals surface area contributed by atoms with E-state index in [2.05, 4.69) is 47.6 Å². The number of carbonyl (C=O) groups excluding carboxylic acids is 2. The fourth-order valence-corrected chi connectivity index (χ4v) is 12.2. The van der Waals surface area contributed by atoms with E-state index in [0.29, 0.717) is 11.8 Å². The highest BCUT2D eigenvalue weighted by Gasteiger charge is 2.59. The normalized spacial score (nSPS) is 29.8. The minimum absolute atomic E-state index is 0.0595. The monoisotopic (exact) mass is 849 g/mol. The van der Waals surface area contributed by atoms with Crippen LogP contribution in [0.5, 0.6) is 0 Å². The molecule has 0 aliphatic heterocycles. The third-order valence-electron chi connectivity index (χ3n) is 16.0. The van der Waals surface area contributed by atoms with Crippen molar-refractivity contribution < 1.29 is 45.0 Å². The Balaban J connectivity index is 0.000000694. The smallest absolute Gasteiger partial charge is 0.335 e. The highest BCUT2D eigenvalue weighted by atomic mass is 16.6. The van der Waals surface area contributed by atoms with Crippen LogP contribution in [-0.2, 0) is 14.3 Å². The molecule has 3 saturated carbocycles. The largest absolute Gasteiger partial charge is 0.460 e. The second-order valence-corrected chi connectivity index (χ2v) is 20.8. The number of hydrogen-bond donors (Lipinski definition) is 6. The highest BCUT2D eigenvalue weighted by Crippen LogP contribution is 2.67. The van der Waals surface area contributed by atoms with Gasteiger partial charge in [0.1, 0.15) is 31.0 Å². The molecule has 0 saturated heterocycles. The second kappa shape index (κ2) is 27.1. The van der Waals surface area contributed by atoms with Crippen LogP contribution in [0.1, 0.15) is 208 Å². The molecular weight excluding hydrogens is 757 g/mol. The molecule has 60 heavy (non-hydrogen) atoms. The summed E-state index contributed by atoms with van der Waals surface area (Å²) in [6, 6.07) is 0. The summed E-state index contributed by atoms with van der Waals surface area (Å²) >= 11 is 0. The van der Waals surface area contributed by atoms with Gasteiger partial charge in [-0.25, -0.2) is 4.79 Å². The van der Waals surface area contributed by atoms with Gasteiger partial charge in [0.25, 0.3) is 0 Å². The molecule has 0 radical (unpaired) electrons. The number of ketones is 1. The van der Waals surface area contributed by atoms with Gasteiger partial charge in [0.2, 0.25) is 0 Å². The topological polar surface area (TPSA) is 165 Å². The molecule has 9 nitrogen and oxygen atoms in total. The molecule has 4 aliphatic rings. The Kier molecular flexibility index (Phi) is 23.9. The molecule has 350 valence electrons. The third-order valence-corrected chi connectivity index (χ3v) is 16.0. The van der Waals surface area contributed by atoms with Crippen LogP contribution in [0, 0.1) is 46.3 Å². The minimum atomic E-state index is -1.86. The lowest BCUT2D eigenvalue weighted by Crippen LogP contribution is -2.51. The van der Waals surface area contributed by atoms with Crippen LogP contribution in [0.4, 0.5) is 0 Å². The van der Waals surface area contributed by atoms with E-state index in [9.17, 15) is 14.7 Å². The number of aliphatic hydroxyl groups excluding tert-OH is 6. The molecule has 1 unspecified atom stereocenters. The molecule has 0 amide bonds. The fourth-order valence-electron chi connectivity index (χ4n) is 12.2. The maximum Gasteiger partial charge on any atom is 0.335 e. The molecule has 6 N–H and O–H groups in total. The Bertz CT molecular complexity index is 1250. The maximum absolute atomic E-state index is 12.9. The lowest BCUT2D eigenvalue weighted by molar-refractivity contribution is -0.161. The zero-order valence-electron chi connectivity index (χ0n) is 39.1. The first kappa shape index (κ1) is 53.0. The second-order valence-electron chi connectivity index (χ2n) is 20.8. The maximum atomic E-state index is 12.9. The van der Waals surface area contributed by atoms with Crippen molar-refractivity contribution in [1.29, 1.82) is 0 Å². The van der Waals surface area contributed by atoms with Gasteiger partial charge in [-0.05, 0) is 97.7 Å². The Morgan fingerprint density at radius 1 is 0.733 bits per heavy atom. The van der Waals surface area contributed by atoms with Crippen molar-refractivity contribution in [3.63, 3.8) is 0 Å². The first-order chi connectivity index (χ1) is 28.6. The summed E-state index contributed by atoms with van der Waals surface area (Å²) in [5.41, 5.74) is 2.35. The van der Waals surface area contributed by atoms with E-state index in [1.54, 1.807) is 5.57 Å². The van der Waals surface area contributed by atoms with Gasteiger partial charge in [-0.2, -0.15) is 0 Å². The Morgan fingerprint density at radius 3 is 1.90 bits per heavy atom. The Hall–Kier alpha value is -1.36. The molecule has 12 atom stereocenters. The number of aliphatic hydroxyl groups is 6. The van der Waals surface area contributed by atoms with Gasteiger partial charge in [0.05, 0.1) is 6.61 Å². The number of ether oxygens (including phenoxy) is 1. The number of hydrogen-bond acceptors (Lipinski definition) is 9. The van der Waals surface area contributed by atoms with Crippen molar-refractivity contribution in [1.82, 2.24) is 0 Å². The molecule has 0 aromatic heterocycles. The predicted octanol–water partition coefficient (Wildman–Crippen LogP) is 9.79. The van der Waals surface area contributed by atoms with E-state index in [4.69, 9.17) is 30.3 Å². The molecule has 0 spiro atoms.